The summed E-state index contributed by atoms with van der Waals surface area (Å²) in [4.78, 5) is 30.7. The van der Waals surface area contributed by atoms with E-state index in [2.05, 4.69) is 41.7 Å². The van der Waals surface area contributed by atoms with Gasteiger partial charge in [0.15, 0.2) is 5.82 Å². The fourth-order valence-corrected chi connectivity index (χ4v) is 5.62. The molecule has 4 aromatic heterocycles. The predicted molar refractivity (Wildman–Crippen MR) is 126 cm³/mol. The van der Waals surface area contributed by atoms with Crippen molar-refractivity contribution in [2.24, 2.45) is 5.92 Å². The first-order chi connectivity index (χ1) is 15.7. The van der Waals surface area contributed by atoms with Gasteiger partial charge in [-0.1, -0.05) is 6.07 Å². The molecule has 0 aromatic carbocycles. The molecule has 0 spiro atoms. The van der Waals surface area contributed by atoms with Crippen molar-refractivity contribution >= 4 is 34.4 Å². The average molecular weight is 466 g/mol. The van der Waals surface area contributed by atoms with Gasteiger partial charge in [-0.3, -0.25) is 4.79 Å². The van der Waals surface area contributed by atoms with E-state index in [1.54, 1.807) is 39.9 Å². The van der Waals surface area contributed by atoms with E-state index in [-0.39, 0.29) is 11.8 Å². The monoisotopic (exact) mass is 465 g/mol. The van der Waals surface area contributed by atoms with Crippen molar-refractivity contribution < 1.29 is 4.79 Å². The van der Waals surface area contributed by atoms with Gasteiger partial charge in [0, 0.05) is 42.3 Å². The molecule has 5 rings (SSSR count). The van der Waals surface area contributed by atoms with E-state index in [1.807, 2.05) is 31.3 Å². The highest BCUT2D eigenvalue weighted by molar-refractivity contribution is 7.21. The number of hydrogen-bond acceptors (Lipinski definition) is 8. The van der Waals surface area contributed by atoms with Crippen LogP contribution in [0.1, 0.15) is 23.4 Å². The minimum Gasteiger partial charge on any atom is -0.356 e. The van der Waals surface area contributed by atoms with Crippen LogP contribution in [-0.2, 0) is 11.3 Å². The summed E-state index contributed by atoms with van der Waals surface area (Å²) < 4.78 is 1.72. The van der Waals surface area contributed by atoms with Crippen LogP contribution in [0, 0.1) is 12.8 Å². The minimum absolute atomic E-state index is 0.0173. The Balaban J connectivity index is 1.16. The number of thiophene rings is 1. The van der Waals surface area contributed by atoms with Crippen LogP contribution in [0.2, 0.25) is 0 Å². The van der Waals surface area contributed by atoms with Gasteiger partial charge in [0.2, 0.25) is 5.91 Å². The summed E-state index contributed by atoms with van der Waals surface area (Å²) in [6.07, 6.45) is 6.75. The zero-order valence-electron chi connectivity index (χ0n) is 17.6. The molecule has 4 aromatic rings. The van der Waals surface area contributed by atoms with Crippen LogP contribution in [0.3, 0.4) is 0 Å². The molecule has 0 radical (unpaired) electrons. The van der Waals surface area contributed by atoms with Crippen molar-refractivity contribution in [3.8, 4) is 15.7 Å². The van der Waals surface area contributed by atoms with E-state index in [9.17, 15) is 4.79 Å². The van der Waals surface area contributed by atoms with E-state index in [0.29, 0.717) is 6.54 Å². The summed E-state index contributed by atoms with van der Waals surface area (Å²) in [5.41, 5.74) is 0.991. The number of thiazole rings is 1. The smallest absolute Gasteiger partial charge is 0.223 e. The zero-order chi connectivity index (χ0) is 21.9. The van der Waals surface area contributed by atoms with Gasteiger partial charge < -0.3 is 10.2 Å². The quantitative estimate of drug-likeness (QED) is 0.467. The molecule has 1 aliphatic rings. The van der Waals surface area contributed by atoms with Crippen LogP contribution in [0.4, 0.5) is 5.82 Å². The summed E-state index contributed by atoms with van der Waals surface area (Å²) in [5.74, 6) is 1.74. The Hall–Kier alpha value is -3.11. The molecule has 32 heavy (non-hydrogen) atoms. The molecule has 1 N–H and O–H groups in total. The number of anilines is 1. The van der Waals surface area contributed by atoms with Gasteiger partial charge in [0.25, 0.3) is 0 Å². The molecular weight excluding hydrogens is 442 g/mol. The van der Waals surface area contributed by atoms with E-state index < -0.39 is 0 Å². The Morgan fingerprint density at radius 2 is 2.06 bits per heavy atom. The Bertz CT molecular complexity index is 1180. The second kappa shape index (κ2) is 9.17. The molecular formula is C22H23N7OS2. The van der Waals surface area contributed by atoms with Gasteiger partial charge in [-0.15, -0.1) is 22.7 Å². The van der Waals surface area contributed by atoms with E-state index in [4.69, 9.17) is 0 Å². The molecule has 0 bridgehead atoms. The molecule has 1 amide bonds. The van der Waals surface area contributed by atoms with Crippen molar-refractivity contribution in [3.05, 3.63) is 58.9 Å². The number of rotatable bonds is 6. The lowest BCUT2D eigenvalue weighted by Crippen LogP contribution is -2.40. The van der Waals surface area contributed by atoms with Crippen molar-refractivity contribution in [3.63, 3.8) is 0 Å². The fourth-order valence-electron chi connectivity index (χ4n) is 3.82. The van der Waals surface area contributed by atoms with Crippen molar-refractivity contribution in [2.75, 3.05) is 18.0 Å². The van der Waals surface area contributed by atoms with Gasteiger partial charge in [-0.05, 0) is 37.3 Å². The van der Waals surface area contributed by atoms with Gasteiger partial charge in [0.05, 0.1) is 17.1 Å². The fraction of sp³-hybridized carbons (Fsp3) is 0.318. The lowest BCUT2D eigenvalue weighted by molar-refractivity contribution is -0.125. The molecule has 0 unspecified atom stereocenters. The first-order valence-electron chi connectivity index (χ1n) is 10.5. The van der Waals surface area contributed by atoms with Crippen LogP contribution >= 0.6 is 22.7 Å². The molecule has 1 aliphatic heterocycles. The Morgan fingerprint density at radius 3 is 2.81 bits per heavy atom. The van der Waals surface area contributed by atoms with E-state index in [1.165, 1.54) is 4.88 Å². The maximum atomic E-state index is 12.8. The SMILES string of the molecule is Cc1nc(-c2cccs2)sc1CNC(=O)C1CCN(c2cc(-n3cccn3)ncn2)CC1. The van der Waals surface area contributed by atoms with Crippen molar-refractivity contribution in [2.45, 2.75) is 26.3 Å². The number of nitrogens with one attached hydrogen (secondary N) is 1. The maximum absolute atomic E-state index is 12.8. The molecule has 0 saturated carbocycles. The summed E-state index contributed by atoms with van der Waals surface area (Å²) in [6, 6.07) is 7.91. The predicted octanol–water partition coefficient (Wildman–Crippen LogP) is 3.69. The number of piperidine rings is 1. The van der Waals surface area contributed by atoms with Crippen molar-refractivity contribution in [1.29, 1.82) is 0 Å². The molecule has 0 aliphatic carbocycles. The Morgan fingerprint density at radius 1 is 1.22 bits per heavy atom. The van der Waals surface area contributed by atoms with E-state index in [0.717, 1.165) is 53.1 Å². The third-order valence-electron chi connectivity index (χ3n) is 5.61. The highest BCUT2D eigenvalue weighted by Gasteiger charge is 2.26. The van der Waals surface area contributed by atoms with Gasteiger partial charge in [-0.2, -0.15) is 5.10 Å². The standard InChI is InChI=1S/C22H23N7OS2/c1-15-18(32-22(27-15)17-4-2-11-31-17)13-23-21(30)16-5-9-28(10-6-16)19-12-20(25-14-24-19)29-8-3-7-26-29/h2-4,7-8,11-12,14,16H,5-6,9-10,13H2,1H3,(H,23,30). The lowest BCUT2D eigenvalue weighted by Gasteiger charge is -2.32. The molecule has 1 fully saturated rings. The normalized spacial score (nSPS) is 14.6. The number of carbonyl (C=O) groups is 1. The Labute approximate surface area is 194 Å². The minimum atomic E-state index is 0.0173. The van der Waals surface area contributed by atoms with Crippen LogP contribution in [0.15, 0.2) is 48.4 Å². The van der Waals surface area contributed by atoms with Gasteiger partial charge in [-0.25, -0.2) is 19.6 Å². The van der Waals surface area contributed by atoms with E-state index >= 15 is 0 Å². The topological polar surface area (TPSA) is 88.8 Å². The average Bonchev–Trinajstić information content (AvgIpc) is 3.60. The summed E-state index contributed by atoms with van der Waals surface area (Å²) in [7, 11) is 0. The molecule has 1 saturated heterocycles. The van der Waals surface area contributed by atoms with Crippen molar-refractivity contribution in [1.82, 2.24) is 30.0 Å². The number of aromatic nitrogens is 5. The highest BCUT2D eigenvalue weighted by atomic mass is 32.1. The number of nitrogens with zero attached hydrogens (tertiary/aromatic N) is 6. The second-order valence-electron chi connectivity index (χ2n) is 7.67. The van der Waals surface area contributed by atoms with Crippen LogP contribution in [0.5, 0.6) is 0 Å². The second-order valence-corrected chi connectivity index (χ2v) is 9.70. The molecule has 5 heterocycles. The molecule has 8 nitrogen and oxygen atoms in total. The number of hydrogen-bond donors (Lipinski definition) is 1. The summed E-state index contributed by atoms with van der Waals surface area (Å²) in [5, 5.41) is 10.4. The van der Waals surface area contributed by atoms with Crippen LogP contribution < -0.4 is 10.2 Å². The molecule has 164 valence electrons. The van der Waals surface area contributed by atoms with Crippen LogP contribution in [0.25, 0.3) is 15.7 Å². The summed E-state index contributed by atoms with van der Waals surface area (Å²) >= 11 is 3.34. The molecule has 0 atom stereocenters. The maximum Gasteiger partial charge on any atom is 0.223 e. The summed E-state index contributed by atoms with van der Waals surface area (Å²) in [6.45, 7) is 4.12. The van der Waals surface area contributed by atoms with Crippen LogP contribution in [-0.4, -0.2) is 43.7 Å². The third kappa shape index (κ3) is 4.42. The zero-order valence-corrected chi connectivity index (χ0v) is 19.3. The third-order valence-corrected chi connectivity index (χ3v) is 7.81. The number of aryl methyl sites for hydroxylation is 1. The first-order valence-corrected chi connectivity index (χ1v) is 12.2. The number of amides is 1. The largest absolute Gasteiger partial charge is 0.356 e. The Kier molecular flexibility index (Phi) is 5.95. The number of carbonyl (C=O) groups excluding carboxylic acids is 1. The van der Waals surface area contributed by atoms with Gasteiger partial charge in [0.1, 0.15) is 17.2 Å². The molecule has 10 heteroatoms. The van der Waals surface area contributed by atoms with Gasteiger partial charge >= 0.3 is 0 Å². The first kappa shape index (κ1) is 20.8. The lowest BCUT2D eigenvalue weighted by atomic mass is 9.96. The highest BCUT2D eigenvalue weighted by Crippen LogP contribution is 2.31.